The molecular formula is C28H37Cl3N4O8. The number of nitrogens with zero attached hydrogens (tertiary/aromatic N) is 1. The topological polar surface area (TPSA) is 203 Å². The summed E-state index contributed by atoms with van der Waals surface area (Å²) in [7, 11) is 3.06. The molecule has 43 heavy (non-hydrogen) atoms. The molecule has 3 aliphatic carbocycles. The van der Waals surface area contributed by atoms with E-state index in [0.29, 0.717) is 12.1 Å². The highest BCUT2D eigenvalue weighted by atomic mass is 35.5. The lowest BCUT2D eigenvalue weighted by atomic mass is 9.57. The molecule has 0 saturated heterocycles. The summed E-state index contributed by atoms with van der Waals surface area (Å²) in [6.07, 6.45) is 3.00. The smallest absolute Gasteiger partial charge is 0.255 e. The van der Waals surface area contributed by atoms with Crippen molar-refractivity contribution in [1.82, 2.24) is 10.2 Å². The number of primary amides is 1. The molecule has 4 atom stereocenters. The van der Waals surface area contributed by atoms with Crippen molar-refractivity contribution in [2.24, 2.45) is 17.6 Å². The number of halogens is 3. The number of nitrogens with two attached hydrogens (primary N) is 1. The third-order valence-corrected chi connectivity index (χ3v) is 8.47. The number of nitrogens with one attached hydrogen (secondary N) is 2. The first-order chi connectivity index (χ1) is 19.3. The molecule has 0 bridgehead atoms. The molecule has 0 radical (unpaired) electrons. The van der Waals surface area contributed by atoms with Crippen LogP contribution in [0.15, 0.2) is 23.0 Å². The number of phenols is 1. The molecule has 15 heteroatoms. The van der Waals surface area contributed by atoms with Crippen molar-refractivity contribution >= 4 is 71.2 Å². The second kappa shape index (κ2) is 13.8. The number of ketones is 2. The van der Waals surface area contributed by atoms with E-state index < -0.39 is 69.7 Å². The van der Waals surface area contributed by atoms with Crippen molar-refractivity contribution in [1.29, 1.82) is 0 Å². The molecule has 238 valence electrons. The normalized spacial score (nSPS) is 24.5. The fourth-order valence-corrected chi connectivity index (χ4v) is 6.54. The Kier molecular flexibility index (Phi) is 11.7. The van der Waals surface area contributed by atoms with Crippen molar-refractivity contribution in [3.63, 3.8) is 0 Å². The number of anilines is 1. The van der Waals surface area contributed by atoms with Crippen LogP contribution in [0.1, 0.15) is 43.7 Å². The number of aromatic hydroxyl groups is 1. The summed E-state index contributed by atoms with van der Waals surface area (Å²) in [5.74, 6) is -8.01. The van der Waals surface area contributed by atoms with Crippen LogP contribution in [0.2, 0.25) is 5.02 Å². The van der Waals surface area contributed by atoms with Crippen molar-refractivity contribution in [3.05, 3.63) is 39.1 Å². The number of unbranched alkanes of at least 4 members (excludes halogenated alkanes) is 2. The third-order valence-electron chi connectivity index (χ3n) is 8.17. The number of phenolic OH excluding ortho intramolecular Hbond substituents is 1. The molecular weight excluding hydrogens is 627 g/mol. The van der Waals surface area contributed by atoms with Gasteiger partial charge in [-0.2, -0.15) is 0 Å². The van der Waals surface area contributed by atoms with Crippen LogP contribution in [0.4, 0.5) is 5.69 Å². The second-order valence-electron chi connectivity index (χ2n) is 11.0. The van der Waals surface area contributed by atoms with E-state index in [2.05, 4.69) is 17.6 Å². The number of benzene rings is 1. The summed E-state index contributed by atoms with van der Waals surface area (Å²) < 4.78 is 0. The number of rotatable bonds is 9. The van der Waals surface area contributed by atoms with Crippen molar-refractivity contribution < 1.29 is 39.6 Å². The SMILES string of the molecule is CCCCCNCC(=O)Nc1c(Cl)cc2c(c1O)C(O)=C1C(=O)[C@]3(O)C(O)=C(C(N)=O)C(=O)[C@@H](N(C)C)C3CC1C2.Cl.Cl. The van der Waals surface area contributed by atoms with Gasteiger partial charge in [-0.1, -0.05) is 31.4 Å². The van der Waals surface area contributed by atoms with Crippen LogP contribution in [0.5, 0.6) is 5.75 Å². The molecule has 1 saturated carbocycles. The Labute approximate surface area is 266 Å². The van der Waals surface area contributed by atoms with Crippen molar-refractivity contribution in [2.45, 2.75) is 50.7 Å². The first-order valence-corrected chi connectivity index (χ1v) is 13.8. The number of aliphatic hydroxyl groups excluding tert-OH is 2. The molecule has 2 unspecified atom stereocenters. The van der Waals surface area contributed by atoms with Gasteiger partial charge in [0.25, 0.3) is 5.91 Å². The fourth-order valence-electron chi connectivity index (χ4n) is 6.27. The van der Waals surface area contributed by atoms with Crippen LogP contribution in [0, 0.1) is 11.8 Å². The largest absolute Gasteiger partial charge is 0.508 e. The van der Waals surface area contributed by atoms with Crippen LogP contribution in [-0.4, -0.2) is 87.5 Å². The minimum absolute atomic E-state index is 0. The molecule has 0 aromatic heterocycles. The van der Waals surface area contributed by atoms with Crippen LogP contribution < -0.4 is 16.4 Å². The summed E-state index contributed by atoms with van der Waals surface area (Å²) in [5.41, 5.74) is 1.51. The maximum atomic E-state index is 13.9. The van der Waals surface area contributed by atoms with Crippen LogP contribution in [-0.2, 0) is 25.6 Å². The van der Waals surface area contributed by atoms with Gasteiger partial charge in [0.05, 0.1) is 23.2 Å². The molecule has 3 aliphatic rings. The Morgan fingerprint density at radius 1 is 1.16 bits per heavy atom. The van der Waals surface area contributed by atoms with E-state index >= 15 is 0 Å². The van der Waals surface area contributed by atoms with Gasteiger partial charge in [-0.15, -0.1) is 24.8 Å². The number of aliphatic hydroxyl groups is 3. The Balaban J connectivity index is 0.00000323. The average Bonchev–Trinajstić information content (AvgIpc) is 2.88. The number of carbonyl (C=O) groups excluding carboxylic acids is 4. The first-order valence-electron chi connectivity index (χ1n) is 13.5. The summed E-state index contributed by atoms with van der Waals surface area (Å²) in [6.45, 7) is 2.65. The Morgan fingerprint density at radius 2 is 1.81 bits per heavy atom. The Bertz CT molecular complexity index is 1400. The Hall–Kier alpha value is -2.87. The highest BCUT2D eigenvalue weighted by Gasteiger charge is 2.64. The molecule has 12 nitrogen and oxygen atoms in total. The van der Waals surface area contributed by atoms with E-state index in [1.807, 2.05) is 0 Å². The first kappa shape index (κ1) is 36.3. The second-order valence-corrected chi connectivity index (χ2v) is 11.4. The molecule has 1 aromatic rings. The zero-order valence-corrected chi connectivity index (χ0v) is 26.3. The highest BCUT2D eigenvalue weighted by molar-refractivity contribution is 6.34. The highest BCUT2D eigenvalue weighted by Crippen LogP contribution is 2.54. The summed E-state index contributed by atoms with van der Waals surface area (Å²) in [4.78, 5) is 53.1. The van der Waals surface area contributed by atoms with Gasteiger partial charge in [0.1, 0.15) is 22.8 Å². The number of fused-ring (bicyclic) bond motifs is 3. The van der Waals surface area contributed by atoms with Crippen LogP contribution in [0.25, 0.3) is 5.76 Å². The third kappa shape index (κ3) is 6.09. The van der Waals surface area contributed by atoms with E-state index in [0.717, 1.165) is 19.3 Å². The van der Waals surface area contributed by atoms with Crippen LogP contribution in [0.3, 0.4) is 0 Å². The molecule has 0 aliphatic heterocycles. The van der Waals surface area contributed by atoms with Gasteiger partial charge in [-0.3, -0.25) is 24.1 Å². The van der Waals surface area contributed by atoms with Gasteiger partial charge < -0.3 is 36.8 Å². The van der Waals surface area contributed by atoms with E-state index in [-0.39, 0.29) is 66.0 Å². The fraction of sp³-hybridized carbons (Fsp3) is 0.500. The average molecular weight is 664 g/mol. The number of carbonyl (C=O) groups is 4. The molecule has 8 N–H and O–H groups in total. The minimum Gasteiger partial charge on any atom is -0.508 e. The molecule has 1 fully saturated rings. The standard InChI is InChI=1S/C28H35ClN4O8.2ClH/c1-4-5-6-7-31-11-16(34)32-20-15(29)10-13-8-12-9-14-21(33(2)3)24(37)19(27(30)40)26(39)28(14,41)25(38)18(12)22(35)17(13)23(20)36;;/h10,12,14,21,31,35-36,39,41H,4-9,11H2,1-3H3,(H2,30,40)(H,32,34);2*1H/t12?,14?,21-,28-;;/m0../s1. The van der Waals surface area contributed by atoms with E-state index in [4.69, 9.17) is 17.3 Å². The van der Waals surface area contributed by atoms with Gasteiger partial charge >= 0.3 is 0 Å². The van der Waals surface area contributed by atoms with Gasteiger partial charge in [0.2, 0.25) is 11.7 Å². The number of likely N-dealkylation sites (N-methyl/N-ethyl adjacent to an activating group) is 1. The molecule has 1 aromatic carbocycles. The predicted octanol–water partition coefficient (Wildman–Crippen LogP) is 2.18. The van der Waals surface area contributed by atoms with Gasteiger partial charge in [0, 0.05) is 11.5 Å². The summed E-state index contributed by atoms with van der Waals surface area (Å²) in [5, 5.41) is 50.6. The number of hydrogen-bond donors (Lipinski definition) is 7. The molecule has 0 spiro atoms. The lowest BCUT2D eigenvalue weighted by Crippen LogP contribution is -2.65. The number of hydrogen-bond acceptors (Lipinski definition) is 10. The van der Waals surface area contributed by atoms with Crippen LogP contribution >= 0.6 is 36.4 Å². The van der Waals surface area contributed by atoms with E-state index in [9.17, 15) is 39.6 Å². The number of Topliss-reactive ketones (excluding diaryl/α,β-unsaturated/α-hetero) is 2. The molecule has 4 rings (SSSR count). The van der Waals surface area contributed by atoms with Crippen molar-refractivity contribution in [3.8, 4) is 5.75 Å². The number of amides is 2. The van der Waals surface area contributed by atoms with Gasteiger partial charge in [-0.25, -0.2) is 0 Å². The van der Waals surface area contributed by atoms with Gasteiger partial charge in [-0.05, 0) is 57.5 Å². The zero-order valence-electron chi connectivity index (χ0n) is 23.9. The van der Waals surface area contributed by atoms with E-state index in [1.54, 1.807) is 0 Å². The monoisotopic (exact) mass is 662 g/mol. The quantitative estimate of drug-likeness (QED) is 0.117. The maximum Gasteiger partial charge on any atom is 0.255 e. The molecule has 2 amide bonds. The maximum absolute atomic E-state index is 13.9. The lowest BCUT2D eigenvalue weighted by molar-refractivity contribution is -0.153. The lowest BCUT2D eigenvalue weighted by Gasteiger charge is -2.50. The zero-order chi connectivity index (χ0) is 30.4. The Morgan fingerprint density at radius 3 is 2.40 bits per heavy atom. The van der Waals surface area contributed by atoms with Crippen molar-refractivity contribution in [2.75, 3.05) is 32.5 Å². The van der Waals surface area contributed by atoms with Gasteiger partial charge in [0.15, 0.2) is 17.1 Å². The minimum atomic E-state index is -2.73. The van der Waals surface area contributed by atoms with E-state index in [1.165, 1.54) is 25.1 Å². The predicted molar refractivity (Wildman–Crippen MR) is 165 cm³/mol. The molecule has 0 heterocycles. The summed E-state index contributed by atoms with van der Waals surface area (Å²) in [6, 6.07) is 0.301. The summed E-state index contributed by atoms with van der Waals surface area (Å²) >= 11 is 6.41.